The molecule has 2 aromatic carbocycles. The molecule has 0 saturated carbocycles. The van der Waals surface area contributed by atoms with E-state index in [4.69, 9.17) is 27.3 Å². The molecule has 2 aromatic rings. The molecule has 0 radical (unpaired) electrons. The summed E-state index contributed by atoms with van der Waals surface area (Å²) < 4.78 is 18.7. The Kier molecular flexibility index (Phi) is 4.42. The normalized spacial score (nSPS) is 11.4. The van der Waals surface area contributed by atoms with E-state index in [-0.39, 0.29) is 17.5 Å². The molecule has 20 heavy (non-hydrogen) atoms. The third-order valence-electron chi connectivity index (χ3n) is 2.65. The smallest absolute Gasteiger partial charge is 0.170 e. The summed E-state index contributed by atoms with van der Waals surface area (Å²) in [7, 11) is 0. The Bertz CT molecular complexity index is 630. The Morgan fingerprint density at radius 3 is 2.55 bits per heavy atom. The van der Waals surface area contributed by atoms with Crippen molar-refractivity contribution in [1.82, 2.24) is 0 Å². The van der Waals surface area contributed by atoms with E-state index in [1.807, 2.05) is 0 Å². The third kappa shape index (κ3) is 3.39. The molecule has 0 amide bonds. The van der Waals surface area contributed by atoms with Crippen LogP contribution in [0.4, 0.5) is 4.39 Å². The number of nitrogens with zero attached hydrogens (tertiary/aromatic N) is 1. The van der Waals surface area contributed by atoms with Crippen LogP contribution in [0.15, 0.2) is 47.6 Å². The van der Waals surface area contributed by atoms with Crippen molar-refractivity contribution in [2.45, 2.75) is 6.61 Å². The monoisotopic (exact) mass is 294 g/mol. The molecule has 6 heteroatoms. The molecule has 0 fully saturated rings. The molecule has 0 bridgehead atoms. The van der Waals surface area contributed by atoms with Crippen molar-refractivity contribution < 1.29 is 14.3 Å². The fourth-order valence-corrected chi connectivity index (χ4v) is 1.68. The average Bonchev–Trinajstić information content (AvgIpc) is 2.48. The molecule has 0 heterocycles. The number of benzene rings is 2. The van der Waals surface area contributed by atoms with Crippen LogP contribution in [-0.4, -0.2) is 11.0 Å². The Morgan fingerprint density at radius 2 is 1.95 bits per heavy atom. The number of hydrogen-bond acceptors (Lipinski definition) is 3. The van der Waals surface area contributed by atoms with Crippen molar-refractivity contribution in [2.24, 2.45) is 10.9 Å². The predicted octanol–water partition coefficient (Wildman–Crippen LogP) is 3.15. The molecule has 0 unspecified atom stereocenters. The zero-order valence-corrected chi connectivity index (χ0v) is 11.1. The van der Waals surface area contributed by atoms with E-state index in [1.54, 1.807) is 30.3 Å². The van der Waals surface area contributed by atoms with Gasteiger partial charge in [-0.1, -0.05) is 41.0 Å². The second kappa shape index (κ2) is 6.25. The Balaban J connectivity index is 2.02. The second-order valence-electron chi connectivity index (χ2n) is 4.05. The van der Waals surface area contributed by atoms with Crippen LogP contribution in [0, 0.1) is 5.82 Å². The molecule has 4 nitrogen and oxygen atoms in total. The zero-order valence-electron chi connectivity index (χ0n) is 10.4. The summed E-state index contributed by atoms with van der Waals surface area (Å²) in [5, 5.41) is 11.5. The van der Waals surface area contributed by atoms with Gasteiger partial charge in [-0.2, -0.15) is 0 Å². The molecule has 0 aliphatic heterocycles. The van der Waals surface area contributed by atoms with Crippen LogP contribution >= 0.6 is 11.6 Å². The van der Waals surface area contributed by atoms with E-state index in [1.165, 1.54) is 12.1 Å². The van der Waals surface area contributed by atoms with Gasteiger partial charge in [-0.3, -0.25) is 0 Å². The van der Waals surface area contributed by atoms with Gasteiger partial charge in [0.1, 0.15) is 18.2 Å². The van der Waals surface area contributed by atoms with Gasteiger partial charge >= 0.3 is 0 Å². The van der Waals surface area contributed by atoms with Gasteiger partial charge in [-0.15, -0.1) is 0 Å². The van der Waals surface area contributed by atoms with Crippen LogP contribution in [-0.2, 0) is 6.61 Å². The van der Waals surface area contributed by atoms with Gasteiger partial charge in [0.05, 0.1) is 5.02 Å². The molecule has 2 rings (SSSR count). The standard InChI is InChI=1S/C14H12ClFN2O2/c15-12-6-5-11(7-13(12)16)20-8-9-1-3-10(4-2-9)14(17)18-19/h1-7,19H,8H2,(H2,17,18). The molecule has 0 aromatic heterocycles. The van der Waals surface area contributed by atoms with Crippen molar-refractivity contribution in [2.75, 3.05) is 0 Å². The van der Waals surface area contributed by atoms with Crippen molar-refractivity contribution in [1.29, 1.82) is 0 Å². The van der Waals surface area contributed by atoms with Crippen LogP contribution in [0.5, 0.6) is 5.75 Å². The number of hydrogen-bond donors (Lipinski definition) is 2. The molecule has 3 N–H and O–H groups in total. The minimum atomic E-state index is -0.522. The van der Waals surface area contributed by atoms with E-state index in [0.29, 0.717) is 11.3 Å². The molecular formula is C14H12ClFN2O2. The highest BCUT2D eigenvalue weighted by Crippen LogP contribution is 2.21. The summed E-state index contributed by atoms with van der Waals surface area (Å²) in [5.74, 6) is -0.0869. The molecule has 0 spiro atoms. The lowest BCUT2D eigenvalue weighted by Gasteiger charge is -2.07. The first kappa shape index (κ1) is 14.1. The van der Waals surface area contributed by atoms with Crippen LogP contribution in [0.2, 0.25) is 5.02 Å². The lowest BCUT2D eigenvalue weighted by molar-refractivity contribution is 0.304. The third-order valence-corrected chi connectivity index (χ3v) is 2.96. The number of oxime groups is 1. The van der Waals surface area contributed by atoms with Crippen molar-refractivity contribution >= 4 is 17.4 Å². The molecular weight excluding hydrogens is 283 g/mol. The number of halogens is 2. The molecule has 0 atom stereocenters. The highest BCUT2D eigenvalue weighted by atomic mass is 35.5. The van der Waals surface area contributed by atoms with E-state index >= 15 is 0 Å². The van der Waals surface area contributed by atoms with Gasteiger partial charge in [-0.25, -0.2) is 4.39 Å². The predicted molar refractivity (Wildman–Crippen MR) is 74.7 cm³/mol. The maximum absolute atomic E-state index is 13.2. The first-order valence-electron chi connectivity index (χ1n) is 5.75. The fraction of sp³-hybridized carbons (Fsp3) is 0.0714. The first-order valence-corrected chi connectivity index (χ1v) is 6.12. The number of amidine groups is 1. The van der Waals surface area contributed by atoms with Gasteiger partial charge in [0.2, 0.25) is 0 Å². The van der Waals surface area contributed by atoms with E-state index in [9.17, 15) is 4.39 Å². The highest BCUT2D eigenvalue weighted by Gasteiger charge is 2.03. The molecule has 0 saturated heterocycles. The van der Waals surface area contributed by atoms with Crippen molar-refractivity contribution in [3.8, 4) is 5.75 Å². The van der Waals surface area contributed by atoms with Crippen molar-refractivity contribution in [3.63, 3.8) is 0 Å². The van der Waals surface area contributed by atoms with Crippen LogP contribution in [0.1, 0.15) is 11.1 Å². The first-order chi connectivity index (χ1) is 9.60. The van der Waals surface area contributed by atoms with Crippen LogP contribution < -0.4 is 10.5 Å². The Labute approximate surface area is 120 Å². The van der Waals surface area contributed by atoms with Gasteiger partial charge in [0.25, 0.3) is 0 Å². The van der Waals surface area contributed by atoms with Gasteiger partial charge < -0.3 is 15.7 Å². The zero-order chi connectivity index (χ0) is 14.5. The van der Waals surface area contributed by atoms with E-state index in [0.717, 1.165) is 5.56 Å². The maximum Gasteiger partial charge on any atom is 0.170 e. The van der Waals surface area contributed by atoms with Crippen LogP contribution in [0.25, 0.3) is 0 Å². The number of nitrogens with two attached hydrogens (primary N) is 1. The average molecular weight is 295 g/mol. The summed E-state index contributed by atoms with van der Waals surface area (Å²) in [4.78, 5) is 0. The van der Waals surface area contributed by atoms with Gasteiger partial charge in [0.15, 0.2) is 5.84 Å². The maximum atomic E-state index is 13.2. The van der Waals surface area contributed by atoms with Gasteiger partial charge in [0, 0.05) is 11.6 Å². The highest BCUT2D eigenvalue weighted by molar-refractivity contribution is 6.30. The Morgan fingerprint density at radius 1 is 1.25 bits per heavy atom. The Hall–Kier alpha value is -2.27. The quantitative estimate of drug-likeness (QED) is 0.394. The topological polar surface area (TPSA) is 67.8 Å². The minimum Gasteiger partial charge on any atom is -0.489 e. The van der Waals surface area contributed by atoms with E-state index in [2.05, 4.69) is 5.16 Å². The summed E-state index contributed by atoms with van der Waals surface area (Å²) >= 11 is 5.58. The minimum absolute atomic E-state index is 0.0391. The summed E-state index contributed by atoms with van der Waals surface area (Å²) in [5.41, 5.74) is 6.93. The summed E-state index contributed by atoms with van der Waals surface area (Å²) in [6.07, 6.45) is 0. The van der Waals surface area contributed by atoms with Crippen LogP contribution in [0.3, 0.4) is 0 Å². The SMILES string of the molecule is N/C(=N/O)c1ccc(COc2ccc(Cl)c(F)c2)cc1. The molecule has 104 valence electrons. The van der Waals surface area contributed by atoms with E-state index < -0.39 is 5.82 Å². The number of rotatable bonds is 4. The van der Waals surface area contributed by atoms with Crippen molar-refractivity contribution in [3.05, 3.63) is 64.4 Å². The summed E-state index contributed by atoms with van der Waals surface area (Å²) in [6, 6.07) is 11.2. The fourth-order valence-electron chi connectivity index (χ4n) is 1.56. The molecule has 0 aliphatic carbocycles. The molecule has 0 aliphatic rings. The summed E-state index contributed by atoms with van der Waals surface area (Å²) in [6.45, 7) is 0.275. The largest absolute Gasteiger partial charge is 0.489 e. The van der Waals surface area contributed by atoms with Gasteiger partial charge in [-0.05, 0) is 17.7 Å². The second-order valence-corrected chi connectivity index (χ2v) is 4.45. The number of ether oxygens (including phenoxy) is 1. The lowest BCUT2D eigenvalue weighted by atomic mass is 10.1. The lowest BCUT2D eigenvalue weighted by Crippen LogP contribution is -2.12.